The Morgan fingerprint density at radius 2 is 2.20 bits per heavy atom. The van der Waals surface area contributed by atoms with Crippen molar-refractivity contribution in [2.75, 3.05) is 0 Å². The first-order valence-corrected chi connectivity index (χ1v) is 5.68. The molecule has 0 bridgehead atoms. The van der Waals surface area contributed by atoms with Gasteiger partial charge in [0.15, 0.2) is 11.5 Å². The molecule has 2 unspecified atom stereocenters. The highest BCUT2D eigenvalue weighted by atomic mass is 79.9. The fourth-order valence-corrected chi connectivity index (χ4v) is 1.81. The van der Waals surface area contributed by atoms with Crippen LogP contribution in [0.2, 0.25) is 0 Å². The Hall–Kier alpha value is -0.870. The van der Waals surface area contributed by atoms with E-state index in [-0.39, 0.29) is 4.83 Å². The van der Waals surface area contributed by atoms with E-state index in [4.69, 9.17) is 4.42 Å². The SMILES string of the molecule is Cc1nc2cc(C(O)C(C)Br)ccc2o1. The molecule has 3 nitrogen and oxygen atoms in total. The number of hydrogen-bond donors (Lipinski definition) is 1. The molecule has 15 heavy (non-hydrogen) atoms. The van der Waals surface area contributed by atoms with Crippen LogP contribution in [0.3, 0.4) is 0 Å². The summed E-state index contributed by atoms with van der Waals surface area (Å²) < 4.78 is 5.36. The topological polar surface area (TPSA) is 46.3 Å². The van der Waals surface area contributed by atoms with Crippen molar-refractivity contribution in [3.05, 3.63) is 29.7 Å². The summed E-state index contributed by atoms with van der Waals surface area (Å²) >= 11 is 3.35. The molecule has 0 saturated carbocycles. The van der Waals surface area contributed by atoms with Gasteiger partial charge in [-0.2, -0.15) is 0 Å². The van der Waals surface area contributed by atoms with Gasteiger partial charge in [0.1, 0.15) is 5.52 Å². The first-order chi connectivity index (χ1) is 7.08. The Bertz CT molecular complexity index is 478. The number of nitrogens with zero attached hydrogens (tertiary/aromatic N) is 1. The maximum atomic E-state index is 9.86. The Morgan fingerprint density at radius 1 is 1.47 bits per heavy atom. The third kappa shape index (κ3) is 2.06. The van der Waals surface area contributed by atoms with Crippen molar-refractivity contribution in [3.63, 3.8) is 0 Å². The van der Waals surface area contributed by atoms with Crippen molar-refractivity contribution >= 4 is 27.0 Å². The standard InChI is InChI=1S/C11H12BrNO2/c1-6(12)11(14)8-3-4-10-9(5-8)13-7(2)15-10/h3-6,11,14H,1-2H3. The van der Waals surface area contributed by atoms with Crippen LogP contribution in [-0.2, 0) is 0 Å². The molecule has 0 aliphatic carbocycles. The first kappa shape index (κ1) is 10.6. The molecule has 0 saturated heterocycles. The van der Waals surface area contributed by atoms with Crippen molar-refractivity contribution in [1.29, 1.82) is 0 Å². The van der Waals surface area contributed by atoms with Gasteiger partial charge in [0.2, 0.25) is 0 Å². The second kappa shape index (κ2) is 3.94. The van der Waals surface area contributed by atoms with Gasteiger partial charge in [-0.15, -0.1) is 0 Å². The molecule has 80 valence electrons. The minimum absolute atomic E-state index is 0.0166. The summed E-state index contributed by atoms with van der Waals surface area (Å²) in [6.07, 6.45) is -0.522. The number of rotatable bonds is 2. The molecule has 2 atom stereocenters. The number of aromatic nitrogens is 1. The highest BCUT2D eigenvalue weighted by Gasteiger charge is 2.14. The molecular weight excluding hydrogens is 258 g/mol. The molecule has 2 aromatic rings. The average Bonchev–Trinajstić information content (AvgIpc) is 2.55. The van der Waals surface area contributed by atoms with E-state index >= 15 is 0 Å². The Balaban J connectivity index is 2.46. The van der Waals surface area contributed by atoms with Crippen molar-refractivity contribution in [1.82, 2.24) is 4.98 Å². The van der Waals surface area contributed by atoms with Crippen molar-refractivity contribution in [3.8, 4) is 0 Å². The van der Waals surface area contributed by atoms with Crippen LogP contribution in [0.5, 0.6) is 0 Å². The van der Waals surface area contributed by atoms with Gasteiger partial charge in [-0.25, -0.2) is 4.98 Å². The van der Waals surface area contributed by atoms with Gasteiger partial charge in [0.05, 0.1) is 6.10 Å². The molecule has 0 aliphatic heterocycles. The number of alkyl halides is 1. The number of benzene rings is 1. The number of oxazole rings is 1. The smallest absolute Gasteiger partial charge is 0.192 e. The molecule has 4 heteroatoms. The summed E-state index contributed by atoms with van der Waals surface area (Å²) in [6, 6.07) is 5.55. The minimum atomic E-state index is -0.522. The van der Waals surface area contributed by atoms with Crippen LogP contribution in [0.25, 0.3) is 11.1 Å². The van der Waals surface area contributed by atoms with Crippen LogP contribution >= 0.6 is 15.9 Å². The third-order valence-corrected chi connectivity index (χ3v) is 2.80. The quantitative estimate of drug-likeness (QED) is 0.853. The molecule has 2 rings (SSSR count). The summed E-state index contributed by atoms with van der Waals surface area (Å²) in [7, 11) is 0. The Labute approximate surface area is 96.2 Å². The summed E-state index contributed by atoms with van der Waals surface area (Å²) in [6.45, 7) is 3.71. The molecule has 0 fully saturated rings. The predicted octanol–water partition coefficient (Wildman–Crippen LogP) is 2.95. The van der Waals surface area contributed by atoms with Gasteiger partial charge in [0.25, 0.3) is 0 Å². The van der Waals surface area contributed by atoms with Crippen LogP contribution < -0.4 is 0 Å². The summed E-state index contributed by atoms with van der Waals surface area (Å²) in [5, 5.41) is 9.86. The molecule has 1 aromatic heterocycles. The van der Waals surface area contributed by atoms with E-state index in [0.29, 0.717) is 5.89 Å². The molecule has 0 aliphatic rings. The molecule has 1 heterocycles. The van der Waals surface area contributed by atoms with Gasteiger partial charge in [-0.3, -0.25) is 0 Å². The molecule has 1 N–H and O–H groups in total. The Morgan fingerprint density at radius 3 is 2.87 bits per heavy atom. The fraction of sp³-hybridized carbons (Fsp3) is 0.364. The maximum absolute atomic E-state index is 9.86. The van der Waals surface area contributed by atoms with Gasteiger partial charge >= 0.3 is 0 Å². The second-order valence-corrected chi connectivity index (χ2v) is 5.03. The van der Waals surface area contributed by atoms with E-state index in [1.54, 1.807) is 0 Å². The number of hydrogen-bond acceptors (Lipinski definition) is 3. The Kier molecular flexibility index (Phi) is 2.80. The zero-order valence-electron chi connectivity index (χ0n) is 8.57. The monoisotopic (exact) mass is 269 g/mol. The lowest BCUT2D eigenvalue weighted by atomic mass is 10.1. The minimum Gasteiger partial charge on any atom is -0.441 e. The number of aryl methyl sites for hydroxylation is 1. The van der Waals surface area contributed by atoms with Gasteiger partial charge in [0, 0.05) is 11.8 Å². The van der Waals surface area contributed by atoms with Crippen LogP contribution in [0, 0.1) is 6.92 Å². The number of aliphatic hydroxyl groups is 1. The molecule has 0 radical (unpaired) electrons. The molecule has 0 amide bonds. The van der Waals surface area contributed by atoms with Crippen LogP contribution in [-0.4, -0.2) is 14.9 Å². The zero-order valence-corrected chi connectivity index (χ0v) is 10.2. The highest BCUT2D eigenvalue weighted by molar-refractivity contribution is 9.09. The predicted molar refractivity (Wildman–Crippen MR) is 62.1 cm³/mol. The second-order valence-electron chi connectivity index (χ2n) is 3.58. The molecule has 1 aromatic carbocycles. The van der Waals surface area contributed by atoms with E-state index in [9.17, 15) is 5.11 Å². The summed E-state index contributed by atoms with van der Waals surface area (Å²) in [5.74, 6) is 0.642. The van der Waals surface area contributed by atoms with E-state index in [0.717, 1.165) is 16.7 Å². The van der Waals surface area contributed by atoms with Gasteiger partial charge < -0.3 is 9.52 Å². The van der Waals surface area contributed by atoms with Crippen molar-refractivity contribution in [2.45, 2.75) is 24.8 Å². The lowest BCUT2D eigenvalue weighted by Gasteiger charge is -2.12. The molecule has 0 spiro atoms. The average molecular weight is 270 g/mol. The van der Waals surface area contributed by atoms with Crippen LogP contribution in [0.15, 0.2) is 22.6 Å². The van der Waals surface area contributed by atoms with E-state index in [1.807, 2.05) is 32.0 Å². The largest absolute Gasteiger partial charge is 0.441 e. The number of halogens is 1. The number of fused-ring (bicyclic) bond motifs is 1. The van der Waals surface area contributed by atoms with Gasteiger partial charge in [-0.05, 0) is 24.6 Å². The zero-order chi connectivity index (χ0) is 11.0. The van der Waals surface area contributed by atoms with E-state index in [1.165, 1.54) is 0 Å². The lowest BCUT2D eigenvalue weighted by Crippen LogP contribution is -2.07. The summed E-state index contributed by atoms with van der Waals surface area (Å²) in [5.41, 5.74) is 2.39. The van der Waals surface area contributed by atoms with Crippen LogP contribution in [0.4, 0.5) is 0 Å². The van der Waals surface area contributed by atoms with E-state index < -0.39 is 6.10 Å². The van der Waals surface area contributed by atoms with Gasteiger partial charge in [-0.1, -0.05) is 22.0 Å². The highest BCUT2D eigenvalue weighted by Crippen LogP contribution is 2.25. The normalized spacial score (nSPS) is 15.5. The van der Waals surface area contributed by atoms with Crippen molar-refractivity contribution in [2.24, 2.45) is 0 Å². The summed E-state index contributed by atoms with van der Waals surface area (Å²) in [4.78, 5) is 4.24. The van der Waals surface area contributed by atoms with Crippen molar-refractivity contribution < 1.29 is 9.52 Å². The first-order valence-electron chi connectivity index (χ1n) is 4.77. The lowest BCUT2D eigenvalue weighted by molar-refractivity contribution is 0.181. The maximum Gasteiger partial charge on any atom is 0.192 e. The fourth-order valence-electron chi connectivity index (χ4n) is 1.51. The van der Waals surface area contributed by atoms with Crippen LogP contribution in [0.1, 0.15) is 24.5 Å². The number of aliphatic hydroxyl groups excluding tert-OH is 1. The van der Waals surface area contributed by atoms with E-state index in [2.05, 4.69) is 20.9 Å². The third-order valence-electron chi connectivity index (χ3n) is 2.30. The molecular formula is C11H12BrNO2.